The second kappa shape index (κ2) is 7.62. The van der Waals surface area contributed by atoms with Crippen molar-refractivity contribution in [1.82, 2.24) is 25.5 Å². The average molecular weight is 243 g/mol. The molecule has 1 aromatic heterocycles. The van der Waals surface area contributed by atoms with Crippen LogP contribution in [0, 0.1) is 0 Å². The highest BCUT2D eigenvalue weighted by Crippen LogP contribution is 2.05. The molecule has 1 unspecified atom stereocenters. The van der Waals surface area contributed by atoms with Crippen molar-refractivity contribution in [3.8, 4) is 0 Å². The van der Waals surface area contributed by atoms with E-state index in [0.717, 1.165) is 36.7 Å². The number of hydrogen-bond acceptors (Lipinski definition) is 5. The van der Waals surface area contributed by atoms with Crippen LogP contribution in [0.5, 0.6) is 0 Å². The molecule has 0 bridgehead atoms. The minimum atomic E-state index is 0.453. The summed E-state index contributed by atoms with van der Waals surface area (Å²) >= 11 is 1.95. The van der Waals surface area contributed by atoms with Crippen molar-refractivity contribution in [1.29, 1.82) is 0 Å². The summed E-state index contributed by atoms with van der Waals surface area (Å²) in [6, 6.07) is 0.453. The second-order valence-electron chi connectivity index (χ2n) is 3.71. The summed E-state index contributed by atoms with van der Waals surface area (Å²) in [5, 5.41) is 15.6. The second-order valence-corrected chi connectivity index (χ2v) is 5.03. The van der Waals surface area contributed by atoms with Crippen LogP contribution < -0.4 is 5.32 Å². The standard InChI is InChI=1S/C10H21N5S/c1-4-6-11-9(8-16-5-2)7-10-12-14-15(3)13-10/h9,11H,4-8H2,1-3H3. The molecule has 0 aliphatic rings. The molecule has 0 spiro atoms. The summed E-state index contributed by atoms with van der Waals surface area (Å²) in [4.78, 5) is 1.51. The molecule has 16 heavy (non-hydrogen) atoms. The monoisotopic (exact) mass is 243 g/mol. The maximum atomic E-state index is 4.21. The van der Waals surface area contributed by atoms with E-state index < -0.39 is 0 Å². The van der Waals surface area contributed by atoms with E-state index in [1.807, 2.05) is 11.8 Å². The molecule has 0 amide bonds. The Morgan fingerprint density at radius 2 is 2.25 bits per heavy atom. The lowest BCUT2D eigenvalue weighted by atomic mass is 10.2. The topological polar surface area (TPSA) is 55.6 Å². The van der Waals surface area contributed by atoms with E-state index >= 15 is 0 Å². The van der Waals surface area contributed by atoms with Crippen molar-refractivity contribution in [2.75, 3.05) is 18.1 Å². The fourth-order valence-electron chi connectivity index (χ4n) is 1.42. The predicted molar refractivity (Wildman–Crippen MR) is 67.6 cm³/mol. The summed E-state index contributed by atoms with van der Waals surface area (Å²) in [6.07, 6.45) is 2.02. The Morgan fingerprint density at radius 1 is 1.44 bits per heavy atom. The molecule has 6 heteroatoms. The fraction of sp³-hybridized carbons (Fsp3) is 0.900. The van der Waals surface area contributed by atoms with Crippen LogP contribution in [-0.4, -0.2) is 44.3 Å². The zero-order chi connectivity index (χ0) is 11.8. The first kappa shape index (κ1) is 13.4. The quantitative estimate of drug-likeness (QED) is 0.734. The van der Waals surface area contributed by atoms with Crippen LogP contribution in [0.1, 0.15) is 26.1 Å². The van der Waals surface area contributed by atoms with E-state index in [1.165, 1.54) is 4.80 Å². The van der Waals surface area contributed by atoms with Crippen molar-refractivity contribution in [3.05, 3.63) is 5.82 Å². The van der Waals surface area contributed by atoms with Gasteiger partial charge in [-0.2, -0.15) is 16.6 Å². The highest BCUT2D eigenvalue weighted by Gasteiger charge is 2.11. The summed E-state index contributed by atoms with van der Waals surface area (Å²) in [6.45, 7) is 5.41. The minimum absolute atomic E-state index is 0.453. The number of thioether (sulfide) groups is 1. The highest BCUT2D eigenvalue weighted by molar-refractivity contribution is 7.99. The van der Waals surface area contributed by atoms with E-state index in [-0.39, 0.29) is 0 Å². The summed E-state index contributed by atoms with van der Waals surface area (Å²) in [7, 11) is 1.80. The van der Waals surface area contributed by atoms with Gasteiger partial charge in [0.25, 0.3) is 0 Å². The molecule has 1 atom stereocenters. The first-order valence-electron chi connectivity index (χ1n) is 5.80. The zero-order valence-corrected chi connectivity index (χ0v) is 11.1. The molecule has 1 heterocycles. The van der Waals surface area contributed by atoms with Crippen molar-refractivity contribution >= 4 is 11.8 Å². The molecular formula is C10H21N5S. The van der Waals surface area contributed by atoms with E-state index in [1.54, 1.807) is 7.05 Å². The lowest BCUT2D eigenvalue weighted by Crippen LogP contribution is -2.34. The number of nitrogens with one attached hydrogen (secondary N) is 1. The van der Waals surface area contributed by atoms with Gasteiger partial charge in [-0.1, -0.05) is 13.8 Å². The molecule has 0 saturated carbocycles. The van der Waals surface area contributed by atoms with Gasteiger partial charge in [-0.25, -0.2) is 0 Å². The van der Waals surface area contributed by atoms with Crippen molar-refractivity contribution < 1.29 is 0 Å². The van der Waals surface area contributed by atoms with E-state index in [9.17, 15) is 0 Å². The molecule has 0 saturated heterocycles. The highest BCUT2D eigenvalue weighted by atomic mass is 32.2. The van der Waals surface area contributed by atoms with Gasteiger partial charge in [-0.3, -0.25) is 0 Å². The van der Waals surface area contributed by atoms with Gasteiger partial charge in [0.15, 0.2) is 5.82 Å². The summed E-state index contributed by atoms with van der Waals surface area (Å²) in [5.74, 6) is 3.08. The largest absolute Gasteiger partial charge is 0.313 e. The Bertz CT molecular complexity index is 280. The maximum absolute atomic E-state index is 4.21. The van der Waals surface area contributed by atoms with Crippen LogP contribution in [0.25, 0.3) is 0 Å². The normalized spacial score (nSPS) is 12.9. The number of rotatable bonds is 8. The molecule has 0 aliphatic carbocycles. The first-order chi connectivity index (χ1) is 7.76. The Morgan fingerprint density at radius 3 is 2.81 bits per heavy atom. The Hall–Kier alpha value is -0.620. The van der Waals surface area contributed by atoms with Gasteiger partial charge in [-0.05, 0) is 23.9 Å². The van der Waals surface area contributed by atoms with Crippen LogP contribution in [0.3, 0.4) is 0 Å². The van der Waals surface area contributed by atoms with Crippen LogP contribution in [0.15, 0.2) is 0 Å². The molecular weight excluding hydrogens is 222 g/mol. The summed E-state index contributed by atoms with van der Waals surface area (Å²) < 4.78 is 0. The SMILES string of the molecule is CCCNC(CSCC)Cc1nnn(C)n1. The van der Waals surface area contributed by atoms with Gasteiger partial charge in [0.1, 0.15) is 0 Å². The average Bonchev–Trinajstić information content (AvgIpc) is 2.68. The third kappa shape index (κ3) is 4.94. The van der Waals surface area contributed by atoms with Gasteiger partial charge >= 0.3 is 0 Å². The first-order valence-corrected chi connectivity index (χ1v) is 6.95. The van der Waals surface area contributed by atoms with Crippen molar-refractivity contribution in [2.45, 2.75) is 32.7 Å². The van der Waals surface area contributed by atoms with Crippen LogP contribution >= 0.6 is 11.8 Å². The van der Waals surface area contributed by atoms with Crippen molar-refractivity contribution in [2.24, 2.45) is 7.05 Å². The Labute approximate surface area is 101 Å². The number of tetrazole rings is 1. The molecule has 1 rings (SSSR count). The Balaban J connectivity index is 2.41. The lowest BCUT2D eigenvalue weighted by molar-refractivity contribution is 0.537. The molecule has 5 nitrogen and oxygen atoms in total. The summed E-state index contributed by atoms with van der Waals surface area (Å²) in [5.41, 5.74) is 0. The van der Waals surface area contributed by atoms with E-state index in [0.29, 0.717) is 6.04 Å². The molecule has 1 N–H and O–H groups in total. The lowest BCUT2D eigenvalue weighted by Gasteiger charge is -2.15. The maximum Gasteiger partial charge on any atom is 0.176 e. The Kier molecular flexibility index (Phi) is 6.40. The van der Waals surface area contributed by atoms with Crippen LogP contribution in [-0.2, 0) is 13.5 Å². The van der Waals surface area contributed by atoms with Gasteiger partial charge in [-0.15, -0.1) is 10.2 Å². The number of aryl methyl sites for hydroxylation is 1. The smallest absolute Gasteiger partial charge is 0.176 e. The van der Waals surface area contributed by atoms with Gasteiger partial charge in [0.05, 0.1) is 7.05 Å². The van der Waals surface area contributed by atoms with E-state index in [2.05, 4.69) is 34.6 Å². The molecule has 0 aliphatic heterocycles. The van der Waals surface area contributed by atoms with Crippen molar-refractivity contribution in [3.63, 3.8) is 0 Å². The molecule has 92 valence electrons. The molecule has 0 aromatic carbocycles. The fourth-order valence-corrected chi connectivity index (χ4v) is 2.18. The zero-order valence-electron chi connectivity index (χ0n) is 10.3. The van der Waals surface area contributed by atoms with Gasteiger partial charge in [0.2, 0.25) is 0 Å². The van der Waals surface area contributed by atoms with Crippen LogP contribution in [0.4, 0.5) is 0 Å². The van der Waals surface area contributed by atoms with Crippen LogP contribution in [0.2, 0.25) is 0 Å². The van der Waals surface area contributed by atoms with Gasteiger partial charge < -0.3 is 5.32 Å². The predicted octanol–water partition coefficient (Wildman–Crippen LogP) is 0.874. The number of nitrogens with zero attached hydrogens (tertiary/aromatic N) is 4. The third-order valence-electron chi connectivity index (χ3n) is 2.18. The molecule has 1 aromatic rings. The molecule has 0 radical (unpaired) electrons. The minimum Gasteiger partial charge on any atom is -0.313 e. The van der Waals surface area contributed by atoms with Gasteiger partial charge in [0, 0.05) is 18.2 Å². The molecule has 0 fully saturated rings. The van der Waals surface area contributed by atoms with E-state index in [4.69, 9.17) is 0 Å². The number of aromatic nitrogens is 4. The third-order valence-corrected chi connectivity index (χ3v) is 3.23. The number of hydrogen-bond donors (Lipinski definition) is 1.